The molecule has 3 rings (SSSR count). The van der Waals surface area contributed by atoms with Crippen molar-refractivity contribution < 1.29 is 16.8 Å². The van der Waals surface area contributed by atoms with Crippen LogP contribution in [0.15, 0.2) is 64.4 Å². The van der Waals surface area contributed by atoms with Crippen molar-refractivity contribution in [3.05, 3.63) is 54.6 Å². The van der Waals surface area contributed by atoms with E-state index in [4.69, 9.17) is 0 Å². The maximum atomic E-state index is 12.7. The van der Waals surface area contributed by atoms with Gasteiger partial charge in [-0.1, -0.05) is 24.6 Å². The van der Waals surface area contributed by atoms with Gasteiger partial charge in [0.2, 0.25) is 20.0 Å². The van der Waals surface area contributed by atoms with Crippen LogP contribution in [0.25, 0.3) is 0 Å². The fourth-order valence-electron chi connectivity index (χ4n) is 3.61. The SMILES string of the molecule is C[C@H](CN(C)c1ccccc1)NS(=O)(=O)c1ccc(S(=O)(=O)N2CCCCC2)cc1. The van der Waals surface area contributed by atoms with Gasteiger partial charge in [0.1, 0.15) is 0 Å². The van der Waals surface area contributed by atoms with Gasteiger partial charge in [-0.3, -0.25) is 0 Å². The van der Waals surface area contributed by atoms with E-state index in [2.05, 4.69) is 4.72 Å². The number of anilines is 1. The van der Waals surface area contributed by atoms with Crippen molar-refractivity contribution in [3.63, 3.8) is 0 Å². The molecule has 0 radical (unpaired) electrons. The number of benzene rings is 2. The van der Waals surface area contributed by atoms with E-state index >= 15 is 0 Å². The van der Waals surface area contributed by atoms with Gasteiger partial charge in [0, 0.05) is 38.4 Å². The number of rotatable bonds is 8. The minimum Gasteiger partial charge on any atom is -0.373 e. The second kappa shape index (κ2) is 9.47. The van der Waals surface area contributed by atoms with Crippen LogP contribution >= 0.6 is 0 Å². The zero-order valence-electron chi connectivity index (χ0n) is 17.4. The molecule has 1 N–H and O–H groups in total. The van der Waals surface area contributed by atoms with E-state index in [9.17, 15) is 16.8 Å². The topological polar surface area (TPSA) is 86.8 Å². The quantitative estimate of drug-likeness (QED) is 0.667. The predicted octanol–water partition coefficient (Wildman–Crippen LogP) is 2.66. The van der Waals surface area contributed by atoms with Gasteiger partial charge in [-0.25, -0.2) is 21.6 Å². The molecule has 0 aliphatic carbocycles. The molecular formula is C21H29N3O4S2. The highest BCUT2D eigenvalue weighted by Crippen LogP contribution is 2.22. The normalized spacial score (nSPS) is 16.9. The van der Waals surface area contributed by atoms with E-state index in [1.54, 1.807) is 6.92 Å². The Morgan fingerprint density at radius 1 is 0.900 bits per heavy atom. The first-order valence-electron chi connectivity index (χ1n) is 10.1. The molecule has 1 atom stereocenters. The fourth-order valence-corrected chi connectivity index (χ4v) is 6.37. The molecule has 1 aliphatic heterocycles. The van der Waals surface area contributed by atoms with Gasteiger partial charge in [-0.05, 0) is 56.2 Å². The summed E-state index contributed by atoms with van der Waals surface area (Å²) >= 11 is 0. The average molecular weight is 452 g/mol. The number of nitrogens with zero attached hydrogens (tertiary/aromatic N) is 2. The molecule has 0 aromatic heterocycles. The zero-order chi connectivity index (χ0) is 21.8. The molecule has 0 amide bonds. The van der Waals surface area contributed by atoms with Crippen molar-refractivity contribution >= 4 is 25.7 Å². The van der Waals surface area contributed by atoms with Gasteiger partial charge in [0.05, 0.1) is 9.79 Å². The number of nitrogens with one attached hydrogen (secondary N) is 1. The Hall–Kier alpha value is -1.94. The third-order valence-electron chi connectivity index (χ3n) is 5.19. The van der Waals surface area contributed by atoms with Gasteiger partial charge in [0.25, 0.3) is 0 Å². The summed E-state index contributed by atoms with van der Waals surface area (Å²) in [5.74, 6) is 0. The second-order valence-electron chi connectivity index (χ2n) is 7.67. The standard InChI is InChI=1S/C21H29N3O4S2/c1-18(17-23(2)19-9-5-3-6-10-19)22-29(25,26)20-11-13-21(14-12-20)30(27,28)24-15-7-4-8-16-24/h3,5-6,9-14,18,22H,4,7-8,15-17H2,1-2H3/t18-/m1/s1. The van der Waals surface area contributed by atoms with Crippen molar-refractivity contribution in [1.82, 2.24) is 9.03 Å². The third-order valence-corrected chi connectivity index (χ3v) is 8.71. The number of likely N-dealkylation sites (N-methyl/N-ethyl adjacent to an activating group) is 1. The van der Waals surface area contributed by atoms with Gasteiger partial charge in [-0.15, -0.1) is 0 Å². The lowest BCUT2D eigenvalue weighted by molar-refractivity contribution is 0.346. The lowest BCUT2D eigenvalue weighted by atomic mass is 10.2. The van der Waals surface area contributed by atoms with Gasteiger partial charge >= 0.3 is 0 Å². The Kier molecular flexibility index (Phi) is 7.18. The predicted molar refractivity (Wildman–Crippen MR) is 119 cm³/mol. The fraction of sp³-hybridized carbons (Fsp3) is 0.429. The van der Waals surface area contributed by atoms with E-state index in [0.717, 1.165) is 24.9 Å². The van der Waals surface area contributed by atoms with Gasteiger partial charge in [0.15, 0.2) is 0 Å². The Balaban J connectivity index is 1.67. The van der Waals surface area contributed by atoms with Crippen molar-refractivity contribution in [2.45, 2.75) is 42.0 Å². The summed E-state index contributed by atoms with van der Waals surface area (Å²) in [6.07, 6.45) is 2.74. The summed E-state index contributed by atoms with van der Waals surface area (Å²) in [5.41, 5.74) is 0.996. The molecule has 0 bridgehead atoms. The molecule has 30 heavy (non-hydrogen) atoms. The number of sulfonamides is 2. The molecule has 1 fully saturated rings. The molecule has 0 saturated carbocycles. The monoisotopic (exact) mass is 451 g/mol. The van der Waals surface area contributed by atoms with Crippen molar-refractivity contribution in [1.29, 1.82) is 0 Å². The molecule has 9 heteroatoms. The summed E-state index contributed by atoms with van der Waals surface area (Å²) in [4.78, 5) is 2.15. The lowest BCUT2D eigenvalue weighted by Gasteiger charge is -2.26. The third kappa shape index (κ3) is 5.40. The summed E-state index contributed by atoms with van der Waals surface area (Å²) < 4.78 is 55.1. The number of hydrogen-bond donors (Lipinski definition) is 1. The molecular weight excluding hydrogens is 422 g/mol. The highest BCUT2D eigenvalue weighted by atomic mass is 32.2. The van der Waals surface area contributed by atoms with E-state index in [0.29, 0.717) is 19.6 Å². The van der Waals surface area contributed by atoms with Gasteiger partial charge < -0.3 is 4.90 Å². The largest absolute Gasteiger partial charge is 0.373 e. The smallest absolute Gasteiger partial charge is 0.243 e. The van der Waals surface area contributed by atoms with Crippen LogP contribution in [0, 0.1) is 0 Å². The number of hydrogen-bond acceptors (Lipinski definition) is 5. The summed E-state index contributed by atoms with van der Waals surface area (Å²) in [6.45, 7) is 3.31. The molecule has 0 unspecified atom stereocenters. The van der Waals surface area contributed by atoms with E-state index in [-0.39, 0.29) is 15.8 Å². The first-order valence-corrected chi connectivity index (χ1v) is 13.0. The molecule has 1 saturated heterocycles. The Morgan fingerprint density at radius 3 is 2.07 bits per heavy atom. The van der Waals surface area contributed by atoms with E-state index < -0.39 is 20.0 Å². The lowest BCUT2D eigenvalue weighted by Crippen LogP contribution is -2.40. The van der Waals surface area contributed by atoms with Crippen LogP contribution in [0.5, 0.6) is 0 Å². The molecule has 2 aromatic rings. The van der Waals surface area contributed by atoms with Crippen LogP contribution in [0.1, 0.15) is 26.2 Å². The van der Waals surface area contributed by atoms with Crippen LogP contribution in [0.3, 0.4) is 0 Å². The Labute approximate surface area is 179 Å². The first kappa shape index (κ1) is 22.7. The van der Waals surface area contributed by atoms with E-state index in [1.807, 2.05) is 42.3 Å². The van der Waals surface area contributed by atoms with Crippen LogP contribution in [0.2, 0.25) is 0 Å². The van der Waals surface area contributed by atoms with Crippen molar-refractivity contribution in [2.24, 2.45) is 0 Å². The Bertz CT molecular complexity index is 1030. The molecule has 7 nitrogen and oxygen atoms in total. The Morgan fingerprint density at radius 2 is 1.47 bits per heavy atom. The summed E-state index contributed by atoms with van der Waals surface area (Å²) in [7, 11) is -5.44. The minimum atomic E-state index is -3.76. The number of para-hydroxylation sites is 1. The minimum absolute atomic E-state index is 0.0503. The van der Waals surface area contributed by atoms with Crippen molar-refractivity contribution in [3.8, 4) is 0 Å². The van der Waals surface area contributed by atoms with Crippen LogP contribution < -0.4 is 9.62 Å². The van der Waals surface area contributed by atoms with Crippen LogP contribution in [-0.2, 0) is 20.0 Å². The summed E-state index contributed by atoms with van der Waals surface area (Å²) in [5, 5.41) is 0. The number of piperidine rings is 1. The molecule has 2 aromatic carbocycles. The molecule has 0 spiro atoms. The maximum absolute atomic E-state index is 12.7. The maximum Gasteiger partial charge on any atom is 0.243 e. The van der Waals surface area contributed by atoms with Crippen LogP contribution in [0.4, 0.5) is 5.69 Å². The summed E-state index contributed by atoms with van der Waals surface area (Å²) in [6, 6.07) is 14.8. The highest BCUT2D eigenvalue weighted by Gasteiger charge is 2.26. The first-order chi connectivity index (χ1) is 14.2. The van der Waals surface area contributed by atoms with Gasteiger partial charge in [-0.2, -0.15) is 4.31 Å². The van der Waals surface area contributed by atoms with Crippen LogP contribution in [-0.4, -0.2) is 53.9 Å². The molecule has 164 valence electrons. The second-order valence-corrected chi connectivity index (χ2v) is 11.3. The van der Waals surface area contributed by atoms with E-state index in [1.165, 1.54) is 28.6 Å². The molecule has 1 heterocycles. The molecule has 1 aliphatic rings. The zero-order valence-corrected chi connectivity index (χ0v) is 19.0. The highest BCUT2D eigenvalue weighted by molar-refractivity contribution is 7.89. The van der Waals surface area contributed by atoms with Crippen molar-refractivity contribution in [2.75, 3.05) is 31.6 Å². The average Bonchev–Trinajstić information content (AvgIpc) is 2.74.